The molecule has 0 aliphatic carbocycles. The Bertz CT molecular complexity index is 2100. The standard InChI is InChI=1S/C40H34N4/c1-2-8-27(9-3-1)28-16-17-31-34(26-28)38(33-13-7-15-36-40(33)44-24-20-42(36)21-25-44)30-11-5-4-10-29(30)37(31)32-12-6-14-35-39(32)43-22-18-41(35)19-23-43/h1-17,26H,18-25H2. The number of hydrogen-bond donors (Lipinski definition) is 0. The fourth-order valence-electron chi connectivity index (χ4n) is 8.55. The molecule has 2 fully saturated rings. The van der Waals surface area contributed by atoms with E-state index in [4.69, 9.17) is 0 Å². The maximum atomic E-state index is 2.63. The van der Waals surface area contributed by atoms with Gasteiger partial charge < -0.3 is 19.6 Å². The van der Waals surface area contributed by atoms with Gasteiger partial charge in [-0.1, -0.05) is 91.0 Å². The Morgan fingerprint density at radius 3 is 1.39 bits per heavy atom. The predicted octanol–water partition coefficient (Wildman–Crippen LogP) is 8.27. The molecule has 214 valence electrons. The normalized spacial score (nSPS) is 16.6. The van der Waals surface area contributed by atoms with Crippen LogP contribution >= 0.6 is 0 Å². The molecule has 0 N–H and O–H groups in total. The molecule has 4 bridgehead atoms. The first-order valence-electron chi connectivity index (χ1n) is 16.1. The Morgan fingerprint density at radius 1 is 0.341 bits per heavy atom. The monoisotopic (exact) mass is 570 g/mol. The van der Waals surface area contributed by atoms with E-state index in [1.165, 1.54) is 77.7 Å². The lowest BCUT2D eigenvalue weighted by molar-refractivity contribution is 0.625. The summed E-state index contributed by atoms with van der Waals surface area (Å²) in [4.78, 5) is 10.4. The molecular weight excluding hydrogens is 536 g/mol. The van der Waals surface area contributed by atoms with E-state index >= 15 is 0 Å². The Labute approximate surface area is 258 Å². The van der Waals surface area contributed by atoms with Crippen LogP contribution in [-0.2, 0) is 0 Å². The van der Waals surface area contributed by atoms with Crippen molar-refractivity contribution in [3.05, 3.63) is 109 Å². The van der Waals surface area contributed by atoms with Crippen LogP contribution < -0.4 is 19.6 Å². The summed E-state index contributed by atoms with van der Waals surface area (Å²) in [7, 11) is 0. The number of hydrogen-bond acceptors (Lipinski definition) is 4. The van der Waals surface area contributed by atoms with Gasteiger partial charge in [0.15, 0.2) is 0 Å². The number of nitrogens with zero attached hydrogens (tertiary/aromatic N) is 4. The molecule has 0 aromatic heterocycles. The van der Waals surface area contributed by atoms with Crippen LogP contribution in [0, 0.1) is 0 Å². The predicted molar refractivity (Wildman–Crippen MR) is 187 cm³/mol. The molecule has 0 unspecified atom stereocenters. The first-order chi connectivity index (χ1) is 21.8. The summed E-state index contributed by atoms with van der Waals surface area (Å²) in [5.41, 5.74) is 13.5. The zero-order valence-electron chi connectivity index (χ0n) is 24.8. The molecule has 4 nitrogen and oxygen atoms in total. The number of anilines is 4. The Kier molecular flexibility index (Phi) is 5.16. The lowest BCUT2D eigenvalue weighted by Crippen LogP contribution is -2.51. The highest BCUT2D eigenvalue weighted by Crippen LogP contribution is 2.53. The molecule has 6 aromatic carbocycles. The second-order valence-electron chi connectivity index (χ2n) is 12.7. The van der Waals surface area contributed by atoms with Crippen LogP contribution in [0.25, 0.3) is 54.9 Å². The molecular formula is C40H34N4. The van der Waals surface area contributed by atoms with Crippen LogP contribution in [0.1, 0.15) is 0 Å². The Morgan fingerprint density at radius 2 is 0.818 bits per heavy atom. The number of rotatable bonds is 3. The minimum Gasteiger partial charge on any atom is -0.366 e. The minimum absolute atomic E-state index is 1.09. The molecule has 4 heteroatoms. The van der Waals surface area contributed by atoms with Gasteiger partial charge in [0.05, 0.1) is 22.7 Å². The lowest BCUT2D eigenvalue weighted by Gasteiger charge is -2.46. The van der Waals surface area contributed by atoms with Crippen LogP contribution in [0.15, 0.2) is 109 Å². The van der Waals surface area contributed by atoms with Crippen LogP contribution in [-0.4, -0.2) is 52.4 Å². The van der Waals surface area contributed by atoms with Crippen LogP contribution in [0.4, 0.5) is 22.7 Å². The number of fused-ring (bicyclic) bond motifs is 6. The molecule has 6 aromatic rings. The largest absolute Gasteiger partial charge is 0.366 e. The first kappa shape index (κ1) is 24.5. The van der Waals surface area contributed by atoms with E-state index in [2.05, 4.69) is 129 Å². The second-order valence-corrected chi connectivity index (χ2v) is 12.7. The van der Waals surface area contributed by atoms with Crippen molar-refractivity contribution in [1.29, 1.82) is 0 Å². The third kappa shape index (κ3) is 3.40. The highest BCUT2D eigenvalue weighted by atomic mass is 15.3. The van der Waals surface area contributed by atoms with Gasteiger partial charge in [-0.2, -0.15) is 0 Å². The fourth-order valence-corrected chi connectivity index (χ4v) is 8.55. The maximum Gasteiger partial charge on any atom is 0.0685 e. The van der Waals surface area contributed by atoms with Crippen molar-refractivity contribution in [2.75, 3.05) is 72.0 Å². The van der Waals surface area contributed by atoms with Gasteiger partial charge >= 0.3 is 0 Å². The van der Waals surface area contributed by atoms with Gasteiger partial charge in [-0.05, 0) is 62.0 Å². The first-order valence-corrected chi connectivity index (χ1v) is 16.1. The van der Waals surface area contributed by atoms with Gasteiger partial charge in [-0.3, -0.25) is 0 Å². The van der Waals surface area contributed by atoms with E-state index in [1.54, 1.807) is 0 Å². The van der Waals surface area contributed by atoms with Crippen molar-refractivity contribution in [2.45, 2.75) is 0 Å². The van der Waals surface area contributed by atoms with Crippen molar-refractivity contribution >= 4 is 44.3 Å². The molecule has 0 atom stereocenters. The molecule has 0 spiro atoms. The van der Waals surface area contributed by atoms with E-state index in [-0.39, 0.29) is 0 Å². The molecule has 6 aliphatic rings. The second kappa shape index (κ2) is 9.27. The topological polar surface area (TPSA) is 13.0 Å². The van der Waals surface area contributed by atoms with Gasteiger partial charge in [0.1, 0.15) is 0 Å². The van der Waals surface area contributed by atoms with Crippen molar-refractivity contribution in [1.82, 2.24) is 0 Å². The average Bonchev–Trinajstić information content (AvgIpc) is 3.11. The van der Waals surface area contributed by atoms with Gasteiger partial charge in [-0.25, -0.2) is 0 Å². The Balaban J connectivity index is 1.35. The zero-order valence-corrected chi connectivity index (χ0v) is 24.8. The third-order valence-electron chi connectivity index (χ3n) is 10.6. The summed E-state index contributed by atoms with van der Waals surface area (Å²) in [6, 6.07) is 41.2. The maximum absolute atomic E-state index is 2.63. The van der Waals surface area contributed by atoms with Gasteiger partial charge in [0.25, 0.3) is 0 Å². The van der Waals surface area contributed by atoms with Crippen molar-refractivity contribution < 1.29 is 0 Å². The van der Waals surface area contributed by atoms with E-state index in [0.717, 1.165) is 52.4 Å². The molecule has 6 heterocycles. The summed E-state index contributed by atoms with van der Waals surface area (Å²) < 4.78 is 0. The van der Waals surface area contributed by atoms with Crippen LogP contribution in [0.5, 0.6) is 0 Å². The summed E-state index contributed by atoms with van der Waals surface area (Å²) in [6.07, 6.45) is 0. The van der Waals surface area contributed by atoms with Gasteiger partial charge in [-0.15, -0.1) is 0 Å². The van der Waals surface area contributed by atoms with Crippen molar-refractivity contribution in [3.8, 4) is 33.4 Å². The lowest BCUT2D eigenvalue weighted by atomic mass is 9.83. The summed E-state index contributed by atoms with van der Waals surface area (Å²) in [5.74, 6) is 0. The van der Waals surface area contributed by atoms with E-state index in [9.17, 15) is 0 Å². The smallest absolute Gasteiger partial charge is 0.0685 e. The summed E-state index contributed by atoms with van der Waals surface area (Å²) >= 11 is 0. The van der Waals surface area contributed by atoms with E-state index in [0.29, 0.717) is 0 Å². The average molecular weight is 571 g/mol. The molecule has 12 rings (SSSR count). The molecule has 0 radical (unpaired) electrons. The Hall–Kier alpha value is -4.96. The van der Waals surface area contributed by atoms with E-state index in [1.807, 2.05) is 0 Å². The zero-order chi connectivity index (χ0) is 28.8. The third-order valence-corrected chi connectivity index (χ3v) is 10.6. The number of para-hydroxylation sites is 2. The quantitative estimate of drug-likeness (QED) is 0.199. The van der Waals surface area contributed by atoms with Crippen molar-refractivity contribution in [2.24, 2.45) is 0 Å². The highest BCUT2D eigenvalue weighted by Gasteiger charge is 2.33. The molecule has 44 heavy (non-hydrogen) atoms. The number of piperazine rings is 2. The number of benzene rings is 6. The van der Waals surface area contributed by atoms with Crippen LogP contribution in [0.3, 0.4) is 0 Å². The van der Waals surface area contributed by atoms with Gasteiger partial charge in [0, 0.05) is 63.5 Å². The summed E-state index contributed by atoms with van der Waals surface area (Å²) in [6.45, 7) is 8.83. The fraction of sp³-hybridized carbons (Fsp3) is 0.200. The molecule has 6 aliphatic heterocycles. The molecule has 0 amide bonds. The minimum atomic E-state index is 1.09. The van der Waals surface area contributed by atoms with Crippen molar-refractivity contribution in [3.63, 3.8) is 0 Å². The molecule has 0 saturated carbocycles. The van der Waals surface area contributed by atoms with Gasteiger partial charge in [0.2, 0.25) is 0 Å². The molecule has 2 saturated heterocycles. The van der Waals surface area contributed by atoms with E-state index < -0.39 is 0 Å². The summed E-state index contributed by atoms with van der Waals surface area (Å²) in [5, 5.41) is 5.33. The SMILES string of the molecule is c1ccc(-c2ccc3c(-c4cccc5c4N4CCN5CC4)c4ccccc4c(-c4cccc5c4N4CCN5CC4)c3c2)cc1. The highest BCUT2D eigenvalue weighted by molar-refractivity contribution is 6.24. The van der Waals surface area contributed by atoms with Crippen LogP contribution in [0.2, 0.25) is 0 Å².